The zero-order valence-corrected chi connectivity index (χ0v) is 18.2. The standard InChI is InChI=1S/C27H25N3O3/c31-27(28-14-13-20-11-12-24-25(17-20)33-16-15-32-24)23-19-30(18-21-7-3-1-4-8-21)29-26(23)22-9-5-2-6-10-22/h1-12,17,19H,13-16,18H2,(H,28,31). The lowest BCUT2D eigenvalue weighted by atomic mass is 10.1. The lowest BCUT2D eigenvalue weighted by molar-refractivity contribution is 0.0954. The van der Waals surface area contributed by atoms with Gasteiger partial charge in [-0.1, -0.05) is 66.7 Å². The van der Waals surface area contributed by atoms with Crippen LogP contribution in [0.25, 0.3) is 11.3 Å². The van der Waals surface area contributed by atoms with Crippen LogP contribution in [0.4, 0.5) is 0 Å². The molecule has 2 heterocycles. The Morgan fingerprint density at radius 3 is 2.39 bits per heavy atom. The third kappa shape index (κ3) is 4.90. The van der Waals surface area contributed by atoms with Gasteiger partial charge < -0.3 is 14.8 Å². The first-order valence-corrected chi connectivity index (χ1v) is 11.1. The molecule has 1 aliphatic heterocycles. The summed E-state index contributed by atoms with van der Waals surface area (Å²) in [4.78, 5) is 13.1. The van der Waals surface area contributed by atoms with E-state index in [2.05, 4.69) is 17.4 Å². The fraction of sp³-hybridized carbons (Fsp3) is 0.185. The van der Waals surface area contributed by atoms with Crippen LogP contribution in [0.15, 0.2) is 85.1 Å². The van der Waals surface area contributed by atoms with Crippen molar-refractivity contribution in [1.82, 2.24) is 15.1 Å². The van der Waals surface area contributed by atoms with Crippen LogP contribution in [0.1, 0.15) is 21.5 Å². The minimum atomic E-state index is -0.134. The molecule has 1 N–H and O–H groups in total. The maximum absolute atomic E-state index is 13.1. The minimum Gasteiger partial charge on any atom is -0.486 e. The van der Waals surface area contributed by atoms with Crippen LogP contribution >= 0.6 is 0 Å². The van der Waals surface area contributed by atoms with E-state index in [-0.39, 0.29) is 5.91 Å². The van der Waals surface area contributed by atoms with Crippen molar-refractivity contribution in [1.29, 1.82) is 0 Å². The Labute approximate surface area is 192 Å². The van der Waals surface area contributed by atoms with Gasteiger partial charge >= 0.3 is 0 Å². The van der Waals surface area contributed by atoms with Crippen molar-refractivity contribution in [2.45, 2.75) is 13.0 Å². The summed E-state index contributed by atoms with van der Waals surface area (Å²) >= 11 is 0. The van der Waals surface area contributed by atoms with Gasteiger partial charge in [0.1, 0.15) is 18.9 Å². The molecule has 1 aromatic heterocycles. The first-order chi connectivity index (χ1) is 16.3. The van der Waals surface area contributed by atoms with Crippen LogP contribution in [0, 0.1) is 0 Å². The van der Waals surface area contributed by atoms with Crippen molar-refractivity contribution in [3.8, 4) is 22.8 Å². The normalized spacial score (nSPS) is 12.4. The van der Waals surface area contributed by atoms with Crippen LogP contribution in [0.2, 0.25) is 0 Å². The van der Waals surface area contributed by atoms with Gasteiger partial charge in [0.15, 0.2) is 11.5 Å². The molecule has 5 rings (SSSR count). The molecule has 0 saturated heterocycles. The predicted molar refractivity (Wildman–Crippen MR) is 127 cm³/mol. The maximum atomic E-state index is 13.1. The fourth-order valence-electron chi connectivity index (χ4n) is 3.91. The minimum absolute atomic E-state index is 0.134. The van der Waals surface area contributed by atoms with Crippen molar-refractivity contribution in [3.63, 3.8) is 0 Å². The van der Waals surface area contributed by atoms with Gasteiger partial charge in [-0.05, 0) is 29.7 Å². The molecule has 33 heavy (non-hydrogen) atoms. The highest BCUT2D eigenvalue weighted by molar-refractivity contribution is 5.99. The molecule has 0 bridgehead atoms. The van der Waals surface area contributed by atoms with Crippen LogP contribution in [-0.4, -0.2) is 35.4 Å². The molecular formula is C27H25N3O3. The molecule has 0 saturated carbocycles. The second-order valence-electron chi connectivity index (χ2n) is 7.92. The van der Waals surface area contributed by atoms with E-state index in [1.165, 1.54) is 0 Å². The van der Waals surface area contributed by atoms with Crippen LogP contribution < -0.4 is 14.8 Å². The highest BCUT2D eigenvalue weighted by Gasteiger charge is 2.18. The van der Waals surface area contributed by atoms with E-state index >= 15 is 0 Å². The van der Waals surface area contributed by atoms with E-state index in [1.54, 1.807) is 0 Å². The molecule has 4 aromatic rings. The lowest BCUT2D eigenvalue weighted by Gasteiger charge is -2.18. The third-order valence-corrected chi connectivity index (χ3v) is 5.55. The second kappa shape index (κ2) is 9.61. The average molecular weight is 440 g/mol. The monoisotopic (exact) mass is 439 g/mol. The number of benzene rings is 3. The number of carbonyl (C=O) groups is 1. The predicted octanol–water partition coefficient (Wildman–Crippen LogP) is 4.34. The van der Waals surface area contributed by atoms with Crippen molar-refractivity contribution >= 4 is 5.91 Å². The SMILES string of the molecule is O=C(NCCc1ccc2c(c1)OCCO2)c1cn(Cc2ccccc2)nc1-c1ccccc1. The molecule has 0 spiro atoms. The highest BCUT2D eigenvalue weighted by atomic mass is 16.6. The molecule has 1 aliphatic rings. The molecular weight excluding hydrogens is 414 g/mol. The number of nitrogens with one attached hydrogen (secondary N) is 1. The van der Waals surface area contributed by atoms with Gasteiger partial charge in [-0.2, -0.15) is 5.10 Å². The van der Waals surface area contributed by atoms with Gasteiger partial charge in [-0.25, -0.2) is 0 Å². The summed E-state index contributed by atoms with van der Waals surface area (Å²) in [5, 5.41) is 7.79. The number of carbonyl (C=O) groups excluding carboxylic acids is 1. The highest BCUT2D eigenvalue weighted by Crippen LogP contribution is 2.30. The quantitative estimate of drug-likeness (QED) is 0.465. The Balaban J connectivity index is 1.31. The average Bonchev–Trinajstić information content (AvgIpc) is 3.29. The number of nitrogens with zero attached hydrogens (tertiary/aromatic N) is 2. The molecule has 3 aromatic carbocycles. The summed E-state index contributed by atoms with van der Waals surface area (Å²) in [6.45, 7) is 2.24. The molecule has 0 aliphatic carbocycles. The van der Waals surface area contributed by atoms with E-state index in [0.29, 0.717) is 44.0 Å². The Morgan fingerprint density at radius 1 is 0.879 bits per heavy atom. The molecule has 0 radical (unpaired) electrons. The van der Waals surface area contributed by atoms with E-state index in [4.69, 9.17) is 14.6 Å². The largest absolute Gasteiger partial charge is 0.486 e. The molecule has 1 amide bonds. The van der Waals surface area contributed by atoms with Gasteiger partial charge in [0.25, 0.3) is 5.91 Å². The number of fused-ring (bicyclic) bond motifs is 1. The van der Waals surface area contributed by atoms with E-state index in [9.17, 15) is 4.79 Å². The van der Waals surface area contributed by atoms with Gasteiger partial charge in [0.05, 0.1) is 12.1 Å². The van der Waals surface area contributed by atoms with Crippen molar-refractivity contribution in [3.05, 3.63) is 102 Å². The fourth-order valence-corrected chi connectivity index (χ4v) is 3.91. The number of aromatic nitrogens is 2. The molecule has 6 heteroatoms. The van der Waals surface area contributed by atoms with Gasteiger partial charge in [0.2, 0.25) is 0 Å². The van der Waals surface area contributed by atoms with Crippen LogP contribution in [-0.2, 0) is 13.0 Å². The topological polar surface area (TPSA) is 65.4 Å². The summed E-state index contributed by atoms with van der Waals surface area (Å²) in [6.07, 6.45) is 2.52. The van der Waals surface area contributed by atoms with Crippen LogP contribution in [0.3, 0.4) is 0 Å². The molecule has 0 fully saturated rings. The molecule has 166 valence electrons. The maximum Gasteiger partial charge on any atom is 0.255 e. The van der Waals surface area contributed by atoms with Crippen molar-refractivity contribution < 1.29 is 14.3 Å². The summed E-state index contributed by atoms with van der Waals surface area (Å²) in [5.74, 6) is 1.40. The Bertz CT molecular complexity index is 1240. The summed E-state index contributed by atoms with van der Waals surface area (Å²) < 4.78 is 13.1. The number of ether oxygens (including phenoxy) is 2. The Hall–Kier alpha value is -4.06. The first-order valence-electron chi connectivity index (χ1n) is 11.1. The zero-order valence-electron chi connectivity index (χ0n) is 18.2. The van der Waals surface area contributed by atoms with Gasteiger partial charge in [-0.3, -0.25) is 9.48 Å². The smallest absolute Gasteiger partial charge is 0.255 e. The first kappa shape index (κ1) is 20.8. The number of hydrogen-bond acceptors (Lipinski definition) is 4. The van der Waals surface area contributed by atoms with E-state index < -0.39 is 0 Å². The Kier molecular flexibility index (Phi) is 6.06. The Morgan fingerprint density at radius 2 is 1.61 bits per heavy atom. The second-order valence-corrected chi connectivity index (χ2v) is 7.92. The summed E-state index contributed by atoms with van der Waals surface area (Å²) in [7, 11) is 0. The summed E-state index contributed by atoms with van der Waals surface area (Å²) in [6, 6.07) is 25.8. The molecule has 6 nitrogen and oxygen atoms in total. The molecule has 0 atom stereocenters. The van der Waals surface area contributed by atoms with Crippen molar-refractivity contribution in [2.75, 3.05) is 19.8 Å². The van der Waals surface area contributed by atoms with Gasteiger partial charge in [0, 0.05) is 18.3 Å². The number of hydrogen-bond donors (Lipinski definition) is 1. The van der Waals surface area contributed by atoms with Crippen LogP contribution in [0.5, 0.6) is 11.5 Å². The van der Waals surface area contributed by atoms with Gasteiger partial charge in [-0.15, -0.1) is 0 Å². The summed E-state index contributed by atoms with van der Waals surface area (Å²) in [5.41, 5.74) is 4.39. The lowest BCUT2D eigenvalue weighted by Crippen LogP contribution is -2.26. The third-order valence-electron chi connectivity index (χ3n) is 5.55. The van der Waals surface area contributed by atoms with E-state index in [1.807, 2.05) is 77.6 Å². The molecule has 0 unspecified atom stereocenters. The van der Waals surface area contributed by atoms with Crippen molar-refractivity contribution in [2.24, 2.45) is 0 Å². The van der Waals surface area contributed by atoms with E-state index in [0.717, 1.165) is 28.2 Å². The number of amides is 1. The number of rotatable bonds is 7. The zero-order chi connectivity index (χ0) is 22.5.